The van der Waals surface area contributed by atoms with Crippen LogP contribution in [0.4, 0.5) is 13.2 Å². The Kier molecular flexibility index (Phi) is 6.48. The van der Waals surface area contributed by atoms with Gasteiger partial charge in [0.05, 0.1) is 23.4 Å². The molecule has 2 N–H and O–H groups in total. The van der Waals surface area contributed by atoms with Crippen molar-refractivity contribution in [3.63, 3.8) is 0 Å². The van der Waals surface area contributed by atoms with Crippen molar-refractivity contribution in [3.8, 4) is 5.69 Å². The van der Waals surface area contributed by atoms with Crippen molar-refractivity contribution in [1.29, 1.82) is 0 Å². The number of amides is 1. The summed E-state index contributed by atoms with van der Waals surface area (Å²) in [6.07, 6.45) is -3.68. The van der Waals surface area contributed by atoms with Crippen LogP contribution in [0.25, 0.3) is 5.69 Å². The van der Waals surface area contributed by atoms with Gasteiger partial charge in [0.15, 0.2) is 5.69 Å². The Morgan fingerprint density at radius 3 is 2.50 bits per heavy atom. The van der Waals surface area contributed by atoms with Gasteiger partial charge >= 0.3 is 12.1 Å². The quantitative estimate of drug-likeness (QED) is 0.747. The maximum Gasteiger partial charge on any atom is 0.434 e. The van der Waals surface area contributed by atoms with Crippen LogP contribution in [0, 0.1) is 18.8 Å². The first-order valence-electron chi connectivity index (χ1n) is 8.74. The number of hydrogen-bond acceptors (Lipinski definition) is 3. The molecule has 1 aromatic heterocycles. The number of benzene rings is 1. The van der Waals surface area contributed by atoms with Gasteiger partial charge in [0.1, 0.15) is 0 Å². The van der Waals surface area contributed by atoms with E-state index in [2.05, 4.69) is 10.4 Å². The van der Waals surface area contributed by atoms with Crippen LogP contribution in [0.2, 0.25) is 0 Å². The summed E-state index contributed by atoms with van der Waals surface area (Å²) in [5.41, 5.74) is -0.936. The van der Waals surface area contributed by atoms with Crippen molar-refractivity contribution in [2.75, 3.05) is 6.54 Å². The highest BCUT2D eigenvalue weighted by Gasteiger charge is 2.40. The van der Waals surface area contributed by atoms with E-state index >= 15 is 0 Å². The van der Waals surface area contributed by atoms with E-state index in [4.69, 9.17) is 0 Å². The SMILES string of the molecule is Cc1cccc(-n2ncc(C(=O)NCC(CC(C)C)C(=O)O)c2C(F)(F)F)c1. The number of hydrogen-bond donors (Lipinski definition) is 2. The van der Waals surface area contributed by atoms with Crippen LogP contribution < -0.4 is 5.32 Å². The zero-order chi connectivity index (χ0) is 21.1. The lowest BCUT2D eigenvalue weighted by atomic mass is 9.97. The number of rotatable bonds is 7. The largest absolute Gasteiger partial charge is 0.481 e. The second-order valence-electron chi connectivity index (χ2n) is 7.03. The van der Waals surface area contributed by atoms with E-state index in [9.17, 15) is 27.9 Å². The average Bonchev–Trinajstić information content (AvgIpc) is 3.03. The Bertz CT molecular complexity index is 860. The molecule has 1 aromatic carbocycles. The minimum atomic E-state index is -4.82. The highest BCUT2D eigenvalue weighted by atomic mass is 19.4. The fourth-order valence-electron chi connectivity index (χ4n) is 2.89. The molecule has 0 bridgehead atoms. The van der Waals surface area contributed by atoms with Crippen LogP contribution in [-0.4, -0.2) is 33.3 Å². The molecule has 1 heterocycles. The molecule has 0 fully saturated rings. The fraction of sp³-hybridized carbons (Fsp3) is 0.421. The first-order chi connectivity index (χ1) is 13.0. The maximum atomic E-state index is 13.7. The normalized spacial score (nSPS) is 12.8. The molecule has 6 nitrogen and oxygen atoms in total. The topological polar surface area (TPSA) is 84.2 Å². The third kappa shape index (κ3) is 5.11. The predicted octanol–water partition coefficient (Wildman–Crippen LogP) is 3.68. The summed E-state index contributed by atoms with van der Waals surface area (Å²) in [4.78, 5) is 23.7. The highest BCUT2D eigenvalue weighted by molar-refractivity contribution is 5.95. The molecule has 2 rings (SSSR count). The summed E-state index contributed by atoms with van der Waals surface area (Å²) in [7, 11) is 0. The van der Waals surface area contributed by atoms with Gasteiger partial charge in [0.2, 0.25) is 0 Å². The minimum Gasteiger partial charge on any atom is -0.481 e. The molecule has 9 heteroatoms. The number of aromatic nitrogens is 2. The van der Waals surface area contributed by atoms with Gasteiger partial charge < -0.3 is 10.4 Å². The summed E-state index contributed by atoms with van der Waals surface area (Å²) in [6, 6.07) is 6.30. The second-order valence-corrected chi connectivity index (χ2v) is 7.03. The van der Waals surface area contributed by atoms with Gasteiger partial charge in [-0.05, 0) is 37.0 Å². The van der Waals surface area contributed by atoms with Crippen molar-refractivity contribution in [2.45, 2.75) is 33.4 Å². The van der Waals surface area contributed by atoms with Crippen LogP contribution in [0.1, 0.15) is 41.9 Å². The summed E-state index contributed by atoms with van der Waals surface area (Å²) < 4.78 is 41.6. The van der Waals surface area contributed by atoms with E-state index in [-0.39, 0.29) is 18.2 Å². The third-order valence-electron chi connectivity index (χ3n) is 4.14. The molecular weight excluding hydrogens is 375 g/mol. The Labute approximate surface area is 160 Å². The number of nitrogens with one attached hydrogen (secondary N) is 1. The molecule has 2 aromatic rings. The number of halogens is 3. The van der Waals surface area contributed by atoms with Crippen molar-refractivity contribution in [1.82, 2.24) is 15.1 Å². The standard InChI is InChI=1S/C19H22F3N3O3/c1-11(2)7-13(18(27)28)9-23-17(26)15-10-24-25(16(15)19(20,21)22)14-6-4-5-12(3)8-14/h4-6,8,10-11,13H,7,9H2,1-3H3,(H,23,26)(H,27,28). The summed E-state index contributed by atoms with van der Waals surface area (Å²) in [5.74, 6) is -2.94. The molecule has 0 aliphatic rings. The zero-order valence-corrected chi connectivity index (χ0v) is 15.7. The number of nitrogens with zero attached hydrogens (tertiary/aromatic N) is 2. The lowest BCUT2D eigenvalue weighted by molar-refractivity contribution is -0.143. The molecule has 0 saturated carbocycles. The van der Waals surface area contributed by atoms with Gasteiger partial charge in [-0.3, -0.25) is 9.59 Å². The Morgan fingerprint density at radius 2 is 1.96 bits per heavy atom. The van der Waals surface area contributed by atoms with Crippen molar-refractivity contribution >= 4 is 11.9 Å². The van der Waals surface area contributed by atoms with Crippen LogP contribution in [0.5, 0.6) is 0 Å². The van der Waals surface area contributed by atoms with Gasteiger partial charge in [0, 0.05) is 6.54 Å². The van der Waals surface area contributed by atoms with E-state index in [0.29, 0.717) is 11.1 Å². The lowest BCUT2D eigenvalue weighted by Gasteiger charge is -2.16. The van der Waals surface area contributed by atoms with Crippen molar-refractivity contribution in [3.05, 3.63) is 47.3 Å². The first kappa shape index (κ1) is 21.5. The van der Waals surface area contributed by atoms with Gasteiger partial charge in [-0.2, -0.15) is 18.3 Å². The number of carboxylic acids is 1. The van der Waals surface area contributed by atoms with Crippen LogP contribution >= 0.6 is 0 Å². The van der Waals surface area contributed by atoms with Crippen LogP contribution in [-0.2, 0) is 11.0 Å². The van der Waals surface area contributed by atoms with E-state index in [0.717, 1.165) is 11.8 Å². The Balaban J connectivity index is 2.32. The van der Waals surface area contributed by atoms with Gasteiger partial charge in [-0.25, -0.2) is 4.68 Å². The fourth-order valence-corrected chi connectivity index (χ4v) is 2.89. The highest BCUT2D eigenvalue weighted by Crippen LogP contribution is 2.33. The van der Waals surface area contributed by atoms with Crippen molar-refractivity contribution < 1.29 is 27.9 Å². The van der Waals surface area contributed by atoms with Crippen LogP contribution in [0.15, 0.2) is 30.5 Å². The van der Waals surface area contributed by atoms with E-state index in [1.165, 1.54) is 12.1 Å². The molecule has 0 aliphatic carbocycles. The molecule has 1 unspecified atom stereocenters. The predicted molar refractivity (Wildman–Crippen MR) is 96.2 cm³/mol. The van der Waals surface area contributed by atoms with Gasteiger partial charge in [0.25, 0.3) is 5.91 Å². The molecule has 0 aliphatic heterocycles. The first-order valence-corrected chi connectivity index (χ1v) is 8.74. The summed E-state index contributed by atoms with van der Waals surface area (Å²) >= 11 is 0. The maximum absolute atomic E-state index is 13.7. The Hall–Kier alpha value is -2.84. The van der Waals surface area contributed by atoms with Crippen LogP contribution in [0.3, 0.4) is 0 Å². The molecule has 0 saturated heterocycles. The molecule has 0 spiro atoms. The molecule has 28 heavy (non-hydrogen) atoms. The van der Waals surface area contributed by atoms with E-state index in [1.54, 1.807) is 19.1 Å². The monoisotopic (exact) mass is 397 g/mol. The summed E-state index contributed by atoms with van der Waals surface area (Å²) in [6.45, 7) is 5.12. The third-order valence-corrected chi connectivity index (χ3v) is 4.14. The molecule has 1 amide bonds. The van der Waals surface area contributed by atoms with E-state index in [1.807, 2.05) is 13.8 Å². The number of aryl methyl sites for hydroxylation is 1. The Morgan fingerprint density at radius 1 is 1.29 bits per heavy atom. The molecule has 0 radical (unpaired) electrons. The second kappa shape index (κ2) is 8.45. The number of aliphatic carboxylic acids is 1. The van der Waals surface area contributed by atoms with E-state index < -0.39 is 35.2 Å². The smallest absolute Gasteiger partial charge is 0.434 e. The van der Waals surface area contributed by atoms with Gasteiger partial charge in [-0.15, -0.1) is 0 Å². The zero-order valence-electron chi connectivity index (χ0n) is 15.7. The molecule has 1 atom stereocenters. The van der Waals surface area contributed by atoms with Crippen molar-refractivity contribution in [2.24, 2.45) is 11.8 Å². The minimum absolute atomic E-state index is 0.0628. The lowest BCUT2D eigenvalue weighted by Crippen LogP contribution is -2.34. The molecule has 152 valence electrons. The number of carboxylic acid groups (broad SMARTS) is 1. The summed E-state index contributed by atoms with van der Waals surface area (Å²) in [5, 5.41) is 15.3. The number of carbonyl (C=O) groups excluding carboxylic acids is 1. The van der Waals surface area contributed by atoms with Gasteiger partial charge in [-0.1, -0.05) is 26.0 Å². The number of alkyl halides is 3. The number of carbonyl (C=O) groups is 2. The molecular formula is C19H22F3N3O3. The average molecular weight is 397 g/mol.